The summed E-state index contributed by atoms with van der Waals surface area (Å²) in [4.78, 5) is 60.5. The monoisotopic (exact) mass is 635 g/mol. The van der Waals surface area contributed by atoms with Crippen LogP contribution in [0.1, 0.15) is 31.4 Å². The summed E-state index contributed by atoms with van der Waals surface area (Å²) in [5.41, 5.74) is 6.12. The molecule has 42 heavy (non-hydrogen) atoms. The van der Waals surface area contributed by atoms with Gasteiger partial charge in [-0.1, -0.05) is 23.0 Å². The highest BCUT2D eigenvalue weighted by Crippen LogP contribution is 2.41. The molecule has 3 atom stereocenters. The average molecular weight is 636 g/mol. The number of carbonyl (C=O) groups excluding carboxylic acids is 2. The van der Waals surface area contributed by atoms with Crippen molar-refractivity contribution in [3.63, 3.8) is 0 Å². The molecular formula is C23H25N9O7S3. The number of hydrogen-bond acceptors (Lipinski definition) is 14. The number of carbonyl (C=O) groups is 4. The summed E-state index contributed by atoms with van der Waals surface area (Å²) in [6.45, 7) is 0.0551. The average Bonchev–Trinajstić information content (AvgIpc) is 3.62. The molecular weight excluding hydrogens is 611 g/mol. The van der Waals surface area contributed by atoms with Crippen LogP contribution in [0.5, 0.6) is 0 Å². The normalized spacial score (nSPS) is 22.0. The van der Waals surface area contributed by atoms with Crippen LogP contribution in [0.15, 0.2) is 39.1 Å². The fourth-order valence-electron chi connectivity index (χ4n) is 4.39. The van der Waals surface area contributed by atoms with Crippen molar-refractivity contribution >= 4 is 69.5 Å². The van der Waals surface area contributed by atoms with E-state index in [0.717, 1.165) is 47.3 Å². The number of hydrogen-bond donors (Lipinski definition) is 4. The molecule has 16 nitrogen and oxygen atoms in total. The lowest BCUT2D eigenvalue weighted by molar-refractivity contribution is -0.150. The number of amides is 2. The van der Waals surface area contributed by atoms with Crippen molar-refractivity contribution in [3.8, 4) is 0 Å². The molecule has 4 heterocycles. The Morgan fingerprint density at radius 1 is 1.31 bits per heavy atom. The Bertz CT molecular complexity index is 1490. The minimum Gasteiger partial charge on any atom is -0.481 e. The van der Waals surface area contributed by atoms with Gasteiger partial charge in [0, 0.05) is 16.9 Å². The number of carboxylic acid groups (broad SMARTS) is 2. The summed E-state index contributed by atoms with van der Waals surface area (Å²) in [5.74, 6) is -3.15. The number of anilines is 1. The lowest BCUT2D eigenvalue weighted by Crippen LogP contribution is -2.71. The van der Waals surface area contributed by atoms with Gasteiger partial charge in [-0.25, -0.2) is 14.5 Å². The molecule has 0 radical (unpaired) electrons. The second-order valence-corrected chi connectivity index (χ2v) is 12.2. The van der Waals surface area contributed by atoms with E-state index in [1.54, 1.807) is 5.38 Å². The van der Waals surface area contributed by atoms with E-state index in [1.165, 1.54) is 16.4 Å². The lowest BCUT2D eigenvalue weighted by atomic mass is 10.0. The van der Waals surface area contributed by atoms with Crippen LogP contribution in [0, 0.1) is 0 Å². The number of thiazole rings is 1. The third-order valence-corrected chi connectivity index (χ3v) is 9.47. The van der Waals surface area contributed by atoms with Crippen LogP contribution in [-0.2, 0) is 30.6 Å². The number of rotatable bonds is 12. The summed E-state index contributed by atoms with van der Waals surface area (Å²) >= 11 is 3.56. The zero-order chi connectivity index (χ0) is 29.8. The predicted octanol–water partition coefficient (Wildman–Crippen LogP) is 0.547. The molecule has 2 aliphatic heterocycles. The Balaban J connectivity index is 1.28. The number of aromatic nitrogens is 5. The third kappa shape index (κ3) is 6.41. The van der Waals surface area contributed by atoms with Gasteiger partial charge in [0.2, 0.25) is 5.16 Å². The molecule has 2 amide bonds. The molecule has 3 unspecified atom stereocenters. The first-order valence-corrected chi connectivity index (χ1v) is 15.6. The van der Waals surface area contributed by atoms with E-state index in [9.17, 15) is 24.3 Å². The summed E-state index contributed by atoms with van der Waals surface area (Å²) in [6, 6.07) is -0.995. The molecule has 0 spiro atoms. The van der Waals surface area contributed by atoms with Crippen LogP contribution in [0.3, 0.4) is 0 Å². The lowest BCUT2D eigenvalue weighted by Gasteiger charge is -2.49. The zero-order valence-electron chi connectivity index (χ0n) is 21.8. The molecule has 0 bridgehead atoms. The Labute approximate surface area is 250 Å². The summed E-state index contributed by atoms with van der Waals surface area (Å²) in [7, 11) is 0. The van der Waals surface area contributed by atoms with Crippen LogP contribution >= 0.6 is 34.9 Å². The first-order valence-electron chi connectivity index (χ1n) is 12.7. The Kier molecular flexibility index (Phi) is 9.07. The summed E-state index contributed by atoms with van der Waals surface area (Å²) in [6.07, 6.45) is 5.98. The van der Waals surface area contributed by atoms with Gasteiger partial charge in [-0.2, -0.15) is 0 Å². The number of aliphatic carboxylic acids is 2. The number of aryl methyl sites for hydroxylation is 1. The van der Waals surface area contributed by atoms with Gasteiger partial charge in [0.1, 0.15) is 28.9 Å². The van der Waals surface area contributed by atoms with E-state index in [4.69, 9.17) is 15.7 Å². The zero-order valence-corrected chi connectivity index (χ0v) is 24.2. The van der Waals surface area contributed by atoms with Gasteiger partial charge < -0.3 is 26.1 Å². The quantitative estimate of drug-likeness (QED) is 0.0821. The Hall–Kier alpha value is -3.97. The number of nitrogens with zero attached hydrogens (tertiary/aromatic N) is 7. The van der Waals surface area contributed by atoms with Crippen molar-refractivity contribution in [1.29, 1.82) is 0 Å². The molecule has 1 fully saturated rings. The number of oxime groups is 1. The van der Waals surface area contributed by atoms with E-state index in [2.05, 4.69) is 31.0 Å². The first kappa shape index (κ1) is 29.5. The van der Waals surface area contributed by atoms with E-state index in [0.29, 0.717) is 10.7 Å². The fraction of sp³-hybridized carbons (Fsp3) is 0.435. The fourth-order valence-corrected chi connectivity index (χ4v) is 7.32. The molecule has 2 aromatic heterocycles. The van der Waals surface area contributed by atoms with Crippen LogP contribution in [-0.4, -0.2) is 98.8 Å². The molecule has 0 saturated carbocycles. The smallest absolute Gasteiger partial charge is 0.352 e. The minimum absolute atomic E-state index is 0.0551. The van der Waals surface area contributed by atoms with E-state index >= 15 is 0 Å². The molecule has 3 aliphatic rings. The van der Waals surface area contributed by atoms with Crippen molar-refractivity contribution in [3.05, 3.63) is 34.5 Å². The van der Waals surface area contributed by atoms with Gasteiger partial charge in [0.25, 0.3) is 11.8 Å². The maximum Gasteiger partial charge on any atom is 0.352 e. The van der Waals surface area contributed by atoms with Crippen molar-refractivity contribution in [1.82, 2.24) is 35.4 Å². The molecule has 1 saturated heterocycles. The molecule has 5 rings (SSSR count). The van der Waals surface area contributed by atoms with E-state index < -0.39 is 35.2 Å². The number of β-lactam (4-membered cyclic amide) rings is 1. The highest BCUT2D eigenvalue weighted by Gasteiger charge is 2.54. The van der Waals surface area contributed by atoms with Gasteiger partial charge in [0.15, 0.2) is 10.8 Å². The van der Waals surface area contributed by atoms with E-state index in [-0.39, 0.29) is 52.8 Å². The van der Waals surface area contributed by atoms with Gasteiger partial charge in [-0.05, 0) is 41.3 Å². The second kappa shape index (κ2) is 12.9. The molecule has 1 aliphatic carbocycles. The highest BCUT2D eigenvalue weighted by molar-refractivity contribution is 8.01. The first-order chi connectivity index (χ1) is 20.2. The van der Waals surface area contributed by atoms with Crippen LogP contribution in [0.4, 0.5) is 5.13 Å². The topological polar surface area (TPSA) is 228 Å². The number of nitrogens with one attached hydrogen (secondary N) is 1. The van der Waals surface area contributed by atoms with Crippen LogP contribution < -0.4 is 11.1 Å². The van der Waals surface area contributed by atoms with Crippen LogP contribution in [0.25, 0.3) is 0 Å². The van der Waals surface area contributed by atoms with Gasteiger partial charge >= 0.3 is 11.9 Å². The maximum absolute atomic E-state index is 13.3. The summed E-state index contributed by atoms with van der Waals surface area (Å²) in [5, 5.41) is 38.3. The third-order valence-electron chi connectivity index (χ3n) is 6.42. The largest absolute Gasteiger partial charge is 0.481 e. The van der Waals surface area contributed by atoms with Crippen molar-refractivity contribution in [2.75, 3.05) is 17.2 Å². The number of allylic oxidation sites excluding steroid dienone is 1. The number of nitrogen functional groups attached to an aromatic ring is 1. The SMILES string of the molecule is Nc1nc(/C(=N\OC2C=CCCC2)C(=O)NC2C(=O)N3C(C(=O)O)=C(CSc4nnnn4CCC(=O)O)CSC23)cs1. The molecule has 0 aromatic carbocycles. The second-order valence-electron chi connectivity index (χ2n) is 9.25. The van der Waals surface area contributed by atoms with Crippen molar-refractivity contribution < 1.29 is 34.2 Å². The number of fused-ring (bicyclic) bond motifs is 1. The number of tetrazole rings is 1. The number of carboxylic acids is 2. The standard InChI is InChI=1S/C23H25N9O7S3/c24-22-25-13(10-41-22)15(28-39-12-4-2-1-3-5-12)18(35)26-16-19(36)32-17(21(37)38)11(8-40-20(16)32)9-42-23-27-29-30-31(23)7-6-14(33)34/h2,4,10,12,16,20H,1,3,5-9H2,(H2,24,25)(H,26,35)(H,33,34)(H,37,38)/b28-15+. The Morgan fingerprint density at radius 2 is 2.14 bits per heavy atom. The minimum atomic E-state index is -1.28. The van der Waals surface area contributed by atoms with Crippen LogP contribution in [0.2, 0.25) is 0 Å². The van der Waals surface area contributed by atoms with Crippen molar-refractivity contribution in [2.45, 2.75) is 54.9 Å². The Morgan fingerprint density at radius 3 is 2.83 bits per heavy atom. The molecule has 222 valence electrons. The summed E-state index contributed by atoms with van der Waals surface area (Å²) < 4.78 is 1.32. The van der Waals surface area contributed by atoms with Gasteiger partial charge in [-0.15, -0.1) is 28.2 Å². The highest BCUT2D eigenvalue weighted by atomic mass is 32.2. The maximum atomic E-state index is 13.3. The number of nitrogens with two attached hydrogens (primary N) is 1. The predicted molar refractivity (Wildman–Crippen MR) is 151 cm³/mol. The van der Waals surface area contributed by atoms with Gasteiger partial charge in [0.05, 0.1) is 13.0 Å². The number of thioether (sulfide) groups is 2. The molecule has 2 aromatic rings. The van der Waals surface area contributed by atoms with Gasteiger partial charge in [-0.3, -0.25) is 19.3 Å². The van der Waals surface area contributed by atoms with E-state index in [1.807, 2.05) is 12.2 Å². The molecule has 5 N–H and O–H groups in total. The molecule has 19 heteroatoms. The van der Waals surface area contributed by atoms with Crippen molar-refractivity contribution in [2.24, 2.45) is 5.16 Å².